The standard InChI is InChI=1S/C17H21FN2O3/c1-22-10-8-19-11-17(21)20(13-16-3-2-9-23-16)12-14-4-6-15(18)7-5-14/h2-7,9,19H,8,10-13H2,1H3. The number of nitrogens with one attached hydrogen (secondary N) is 1. The maximum absolute atomic E-state index is 13.0. The number of rotatable bonds is 9. The van der Waals surface area contributed by atoms with Crippen molar-refractivity contribution in [1.29, 1.82) is 0 Å². The van der Waals surface area contributed by atoms with Crippen molar-refractivity contribution in [3.63, 3.8) is 0 Å². The number of ether oxygens (including phenoxy) is 1. The molecule has 5 nitrogen and oxygen atoms in total. The number of methoxy groups -OCH3 is 1. The van der Waals surface area contributed by atoms with Crippen LogP contribution >= 0.6 is 0 Å². The molecule has 0 aliphatic rings. The number of carbonyl (C=O) groups excluding carboxylic acids is 1. The average Bonchev–Trinajstić information content (AvgIpc) is 3.06. The zero-order valence-electron chi connectivity index (χ0n) is 13.1. The molecule has 0 spiro atoms. The van der Waals surface area contributed by atoms with Crippen molar-refractivity contribution in [3.8, 4) is 0 Å². The summed E-state index contributed by atoms with van der Waals surface area (Å²) in [5.74, 6) is 0.359. The Bertz CT molecular complexity index is 584. The van der Waals surface area contributed by atoms with Gasteiger partial charge in [-0.1, -0.05) is 12.1 Å². The lowest BCUT2D eigenvalue weighted by molar-refractivity contribution is -0.131. The van der Waals surface area contributed by atoms with Gasteiger partial charge in [-0.2, -0.15) is 0 Å². The highest BCUT2D eigenvalue weighted by molar-refractivity contribution is 5.78. The van der Waals surface area contributed by atoms with Crippen molar-refractivity contribution >= 4 is 5.91 Å². The van der Waals surface area contributed by atoms with E-state index in [1.54, 1.807) is 36.5 Å². The lowest BCUT2D eigenvalue weighted by Crippen LogP contribution is -2.38. The largest absolute Gasteiger partial charge is 0.467 e. The SMILES string of the molecule is COCCNCC(=O)N(Cc1ccc(F)cc1)Cc1ccco1. The van der Waals surface area contributed by atoms with Gasteiger partial charge in [0.2, 0.25) is 5.91 Å². The summed E-state index contributed by atoms with van der Waals surface area (Å²) in [5, 5.41) is 3.03. The van der Waals surface area contributed by atoms with Crippen molar-refractivity contribution < 1.29 is 18.3 Å². The van der Waals surface area contributed by atoms with Crippen molar-refractivity contribution in [3.05, 3.63) is 59.8 Å². The van der Waals surface area contributed by atoms with E-state index in [0.717, 1.165) is 5.56 Å². The molecule has 2 rings (SSSR count). The molecular formula is C17H21FN2O3. The quantitative estimate of drug-likeness (QED) is 0.720. The van der Waals surface area contributed by atoms with E-state index in [1.165, 1.54) is 12.1 Å². The van der Waals surface area contributed by atoms with Crippen LogP contribution in [0.15, 0.2) is 47.1 Å². The van der Waals surface area contributed by atoms with E-state index in [-0.39, 0.29) is 18.3 Å². The molecule has 0 atom stereocenters. The van der Waals surface area contributed by atoms with Gasteiger partial charge in [0.1, 0.15) is 11.6 Å². The highest BCUT2D eigenvalue weighted by Gasteiger charge is 2.15. The third kappa shape index (κ3) is 5.84. The lowest BCUT2D eigenvalue weighted by Gasteiger charge is -2.22. The highest BCUT2D eigenvalue weighted by Crippen LogP contribution is 2.11. The predicted molar refractivity (Wildman–Crippen MR) is 84.1 cm³/mol. The Balaban J connectivity index is 1.98. The number of furan rings is 1. The first-order valence-electron chi connectivity index (χ1n) is 7.43. The first-order valence-corrected chi connectivity index (χ1v) is 7.43. The summed E-state index contributed by atoms with van der Waals surface area (Å²) >= 11 is 0. The first-order chi connectivity index (χ1) is 11.2. The van der Waals surface area contributed by atoms with Crippen LogP contribution < -0.4 is 5.32 Å². The summed E-state index contributed by atoms with van der Waals surface area (Å²) in [6.45, 7) is 2.13. The van der Waals surface area contributed by atoms with Crippen LogP contribution in [0.5, 0.6) is 0 Å². The average molecular weight is 320 g/mol. The van der Waals surface area contributed by atoms with Crippen LogP contribution in [0.3, 0.4) is 0 Å². The molecule has 6 heteroatoms. The Hall–Kier alpha value is -2.18. The molecule has 1 N–H and O–H groups in total. The van der Waals surface area contributed by atoms with Crippen molar-refractivity contribution in [2.24, 2.45) is 0 Å². The van der Waals surface area contributed by atoms with Gasteiger partial charge in [0.05, 0.1) is 26.0 Å². The highest BCUT2D eigenvalue weighted by atomic mass is 19.1. The molecule has 0 unspecified atom stereocenters. The number of amides is 1. The summed E-state index contributed by atoms with van der Waals surface area (Å²) < 4.78 is 23.3. The fraction of sp³-hybridized carbons (Fsp3) is 0.353. The van der Waals surface area contributed by atoms with Gasteiger partial charge in [-0.15, -0.1) is 0 Å². The Morgan fingerprint density at radius 3 is 2.70 bits per heavy atom. The summed E-state index contributed by atoms with van der Waals surface area (Å²) in [6, 6.07) is 9.74. The number of carbonyl (C=O) groups is 1. The van der Waals surface area contributed by atoms with E-state index < -0.39 is 0 Å². The number of benzene rings is 1. The van der Waals surface area contributed by atoms with Crippen LogP contribution in [-0.4, -0.2) is 37.6 Å². The third-order valence-electron chi connectivity index (χ3n) is 3.33. The molecule has 0 saturated carbocycles. The number of hydrogen-bond acceptors (Lipinski definition) is 4. The summed E-state index contributed by atoms with van der Waals surface area (Å²) in [6.07, 6.45) is 1.58. The topological polar surface area (TPSA) is 54.7 Å². The van der Waals surface area contributed by atoms with Gasteiger partial charge in [0, 0.05) is 20.2 Å². The van der Waals surface area contributed by atoms with Crippen LogP contribution in [0.4, 0.5) is 4.39 Å². The molecule has 1 aromatic heterocycles. The van der Waals surface area contributed by atoms with Gasteiger partial charge < -0.3 is 19.4 Å². The lowest BCUT2D eigenvalue weighted by atomic mass is 10.2. The second-order valence-corrected chi connectivity index (χ2v) is 5.13. The fourth-order valence-electron chi connectivity index (χ4n) is 2.11. The normalized spacial score (nSPS) is 10.7. The Kier molecular flexibility index (Phi) is 6.77. The van der Waals surface area contributed by atoms with Crippen LogP contribution in [0.2, 0.25) is 0 Å². The maximum atomic E-state index is 13.0. The van der Waals surface area contributed by atoms with Crippen molar-refractivity contribution in [1.82, 2.24) is 10.2 Å². The Morgan fingerprint density at radius 2 is 2.04 bits per heavy atom. The smallest absolute Gasteiger partial charge is 0.237 e. The molecule has 0 saturated heterocycles. The number of hydrogen-bond donors (Lipinski definition) is 1. The van der Waals surface area contributed by atoms with E-state index in [4.69, 9.17) is 9.15 Å². The molecular weight excluding hydrogens is 299 g/mol. The van der Waals surface area contributed by atoms with Crippen molar-refractivity contribution in [2.45, 2.75) is 13.1 Å². The Labute approximate surface area is 135 Å². The van der Waals surface area contributed by atoms with Gasteiger partial charge in [0.15, 0.2) is 0 Å². The first kappa shape index (κ1) is 17.2. The van der Waals surface area contributed by atoms with Gasteiger partial charge in [-0.3, -0.25) is 4.79 Å². The van der Waals surface area contributed by atoms with Gasteiger partial charge >= 0.3 is 0 Å². The fourth-order valence-corrected chi connectivity index (χ4v) is 2.11. The van der Waals surface area contributed by atoms with E-state index in [1.807, 2.05) is 6.07 Å². The van der Waals surface area contributed by atoms with E-state index in [0.29, 0.717) is 32.0 Å². The minimum atomic E-state index is -0.293. The molecule has 124 valence electrons. The zero-order chi connectivity index (χ0) is 16.5. The number of nitrogens with zero attached hydrogens (tertiary/aromatic N) is 1. The Morgan fingerprint density at radius 1 is 1.26 bits per heavy atom. The molecule has 1 aromatic carbocycles. The molecule has 2 aromatic rings. The third-order valence-corrected chi connectivity index (χ3v) is 3.33. The minimum absolute atomic E-state index is 0.0539. The van der Waals surface area contributed by atoms with Gasteiger partial charge in [-0.25, -0.2) is 4.39 Å². The predicted octanol–water partition coefficient (Wildman–Crippen LogP) is 2.18. The number of halogens is 1. The van der Waals surface area contributed by atoms with Crippen LogP contribution in [0.1, 0.15) is 11.3 Å². The second kappa shape index (κ2) is 9.07. The second-order valence-electron chi connectivity index (χ2n) is 5.13. The van der Waals surface area contributed by atoms with E-state index in [9.17, 15) is 9.18 Å². The van der Waals surface area contributed by atoms with Crippen LogP contribution in [0, 0.1) is 5.82 Å². The molecule has 23 heavy (non-hydrogen) atoms. The molecule has 0 aliphatic heterocycles. The van der Waals surface area contributed by atoms with Crippen LogP contribution in [-0.2, 0) is 22.6 Å². The molecule has 1 heterocycles. The summed E-state index contributed by atoms with van der Waals surface area (Å²) in [5.41, 5.74) is 0.864. The monoisotopic (exact) mass is 320 g/mol. The zero-order valence-corrected chi connectivity index (χ0v) is 13.1. The molecule has 0 aliphatic carbocycles. The molecule has 0 radical (unpaired) electrons. The summed E-state index contributed by atoms with van der Waals surface area (Å²) in [7, 11) is 1.61. The molecule has 0 fully saturated rings. The van der Waals surface area contributed by atoms with Crippen LogP contribution in [0.25, 0.3) is 0 Å². The minimum Gasteiger partial charge on any atom is -0.467 e. The van der Waals surface area contributed by atoms with E-state index >= 15 is 0 Å². The van der Waals surface area contributed by atoms with Crippen molar-refractivity contribution in [2.75, 3.05) is 26.8 Å². The van der Waals surface area contributed by atoms with Gasteiger partial charge in [0.25, 0.3) is 0 Å². The molecule has 1 amide bonds. The van der Waals surface area contributed by atoms with E-state index in [2.05, 4.69) is 5.32 Å². The maximum Gasteiger partial charge on any atom is 0.237 e. The van der Waals surface area contributed by atoms with Gasteiger partial charge in [-0.05, 0) is 29.8 Å². The summed E-state index contributed by atoms with van der Waals surface area (Å²) in [4.78, 5) is 14.1. The molecule has 0 bridgehead atoms.